The Kier molecular flexibility index (Phi) is 3.32. The van der Waals surface area contributed by atoms with E-state index in [0.717, 1.165) is 22.8 Å². The van der Waals surface area contributed by atoms with Crippen LogP contribution in [-0.2, 0) is 6.54 Å². The van der Waals surface area contributed by atoms with E-state index in [-0.39, 0.29) is 0 Å². The van der Waals surface area contributed by atoms with Crippen molar-refractivity contribution in [3.63, 3.8) is 0 Å². The average molecular weight is 283 g/mol. The molecule has 0 saturated heterocycles. The second kappa shape index (κ2) is 5.13. The Labute approximate surface area is 122 Å². The molecule has 0 atom stereocenters. The Bertz CT molecular complexity index is 740. The van der Waals surface area contributed by atoms with Crippen molar-refractivity contribution in [2.75, 3.05) is 5.73 Å². The number of hydrogen-bond donors (Lipinski definition) is 1. The molecule has 1 aromatic carbocycles. The first-order valence-corrected chi connectivity index (χ1v) is 7.44. The fourth-order valence-electron chi connectivity index (χ4n) is 2.31. The van der Waals surface area contributed by atoms with E-state index in [4.69, 9.17) is 5.73 Å². The van der Waals surface area contributed by atoms with Gasteiger partial charge in [-0.3, -0.25) is 4.68 Å². The zero-order chi connectivity index (χ0) is 14.1. The molecular weight excluding hydrogens is 266 g/mol. The molecule has 0 saturated carbocycles. The van der Waals surface area contributed by atoms with Crippen LogP contribution in [0.2, 0.25) is 0 Å². The summed E-state index contributed by atoms with van der Waals surface area (Å²) in [6.07, 6.45) is 1.91. The third-order valence-electron chi connectivity index (χ3n) is 3.29. The third kappa shape index (κ3) is 2.47. The molecule has 3 rings (SSSR count). The van der Waals surface area contributed by atoms with E-state index >= 15 is 0 Å². The Balaban J connectivity index is 1.91. The van der Waals surface area contributed by atoms with Crippen LogP contribution in [-0.4, -0.2) is 9.78 Å². The minimum absolute atomic E-state index is 0.739. The molecule has 4 heteroatoms. The number of hydrogen-bond acceptors (Lipinski definition) is 3. The number of aromatic nitrogens is 2. The molecule has 3 nitrogen and oxygen atoms in total. The van der Waals surface area contributed by atoms with Gasteiger partial charge in [-0.25, -0.2) is 0 Å². The molecule has 0 bridgehead atoms. The van der Waals surface area contributed by atoms with Crippen LogP contribution in [0.15, 0.2) is 41.9 Å². The van der Waals surface area contributed by atoms with Crippen molar-refractivity contribution in [1.29, 1.82) is 0 Å². The lowest BCUT2D eigenvalue weighted by Crippen LogP contribution is -2.00. The first kappa shape index (κ1) is 12.9. The second-order valence-electron chi connectivity index (χ2n) is 5.05. The largest absolute Gasteiger partial charge is 0.396 e. The summed E-state index contributed by atoms with van der Waals surface area (Å²) in [6.45, 7) is 4.93. The van der Waals surface area contributed by atoms with Gasteiger partial charge in [0, 0.05) is 6.20 Å². The summed E-state index contributed by atoms with van der Waals surface area (Å²) in [5.74, 6) is 0. The highest BCUT2D eigenvalue weighted by atomic mass is 32.1. The van der Waals surface area contributed by atoms with E-state index in [2.05, 4.69) is 54.7 Å². The summed E-state index contributed by atoms with van der Waals surface area (Å²) in [5, 5.41) is 6.71. The maximum absolute atomic E-state index is 6.11. The molecule has 0 unspecified atom stereocenters. The van der Waals surface area contributed by atoms with E-state index in [1.54, 1.807) is 11.3 Å². The van der Waals surface area contributed by atoms with Crippen molar-refractivity contribution in [3.8, 4) is 10.6 Å². The molecule has 0 aliphatic carbocycles. The van der Waals surface area contributed by atoms with Crippen molar-refractivity contribution < 1.29 is 0 Å². The molecule has 2 N–H and O–H groups in total. The number of nitrogens with zero attached hydrogens (tertiary/aromatic N) is 2. The fourth-order valence-corrected chi connectivity index (χ4v) is 3.24. The van der Waals surface area contributed by atoms with Crippen LogP contribution in [0, 0.1) is 13.8 Å². The average Bonchev–Trinajstić information content (AvgIpc) is 2.95. The summed E-state index contributed by atoms with van der Waals surface area (Å²) in [7, 11) is 0. The van der Waals surface area contributed by atoms with Crippen molar-refractivity contribution in [1.82, 2.24) is 9.78 Å². The third-order valence-corrected chi connectivity index (χ3v) is 4.32. The molecule has 0 aliphatic heterocycles. The normalized spacial score (nSPS) is 10.9. The summed E-state index contributed by atoms with van der Waals surface area (Å²) in [4.78, 5) is 1.16. The maximum atomic E-state index is 6.11. The van der Waals surface area contributed by atoms with Gasteiger partial charge in [0.15, 0.2) is 0 Å². The number of nitrogen functional groups attached to an aromatic ring is 1. The molecule has 0 aliphatic rings. The van der Waals surface area contributed by atoms with Crippen LogP contribution in [0.3, 0.4) is 0 Å². The molecule has 2 aromatic heterocycles. The molecule has 0 fully saturated rings. The molecular formula is C16H17N3S. The standard InChI is InChI=1S/C16H17N3S/c1-11-4-3-5-13(8-11)9-19-10-14(17)15(18-19)16-12(2)6-7-20-16/h3-8,10H,9,17H2,1-2H3. The SMILES string of the molecule is Cc1cccc(Cn2cc(N)c(-c3sccc3C)n2)c1. The van der Waals surface area contributed by atoms with E-state index in [1.165, 1.54) is 16.7 Å². The fraction of sp³-hybridized carbons (Fsp3) is 0.188. The van der Waals surface area contributed by atoms with Crippen LogP contribution in [0.4, 0.5) is 5.69 Å². The van der Waals surface area contributed by atoms with Gasteiger partial charge < -0.3 is 5.73 Å². The topological polar surface area (TPSA) is 43.8 Å². The van der Waals surface area contributed by atoms with Gasteiger partial charge in [-0.05, 0) is 36.4 Å². The molecule has 3 aromatic rings. The molecule has 0 spiro atoms. The zero-order valence-electron chi connectivity index (χ0n) is 11.6. The lowest BCUT2D eigenvalue weighted by molar-refractivity contribution is 0.689. The van der Waals surface area contributed by atoms with Crippen molar-refractivity contribution >= 4 is 17.0 Å². The number of thiophene rings is 1. The Morgan fingerprint density at radius 3 is 2.80 bits per heavy atom. The van der Waals surface area contributed by atoms with E-state index < -0.39 is 0 Å². The van der Waals surface area contributed by atoms with Gasteiger partial charge in [-0.15, -0.1) is 11.3 Å². The number of benzene rings is 1. The van der Waals surface area contributed by atoms with Crippen LogP contribution < -0.4 is 5.73 Å². The molecule has 20 heavy (non-hydrogen) atoms. The van der Waals surface area contributed by atoms with Crippen LogP contribution in [0.5, 0.6) is 0 Å². The number of nitrogens with two attached hydrogens (primary N) is 1. The Hall–Kier alpha value is -2.07. The molecule has 102 valence electrons. The van der Waals surface area contributed by atoms with E-state index in [0.29, 0.717) is 0 Å². The Morgan fingerprint density at radius 1 is 1.25 bits per heavy atom. The highest BCUT2D eigenvalue weighted by Crippen LogP contribution is 2.31. The minimum Gasteiger partial charge on any atom is -0.396 e. The predicted octanol–water partition coefficient (Wildman–Crippen LogP) is 3.86. The highest BCUT2D eigenvalue weighted by molar-refractivity contribution is 7.13. The molecule has 0 amide bonds. The summed E-state index contributed by atoms with van der Waals surface area (Å²) >= 11 is 1.68. The van der Waals surface area contributed by atoms with Gasteiger partial charge in [0.05, 0.1) is 17.1 Å². The lowest BCUT2D eigenvalue weighted by Gasteiger charge is -2.02. The van der Waals surface area contributed by atoms with Gasteiger partial charge in [0.25, 0.3) is 0 Å². The van der Waals surface area contributed by atoms with Gasteiger partial charge in [0.1, 0.15) is 5.69 Å². The van der Waals surface area contributed by atoms with Crippen LogP contribution in [0.1, 0.15) is 16.7 Å². The van der Waals surface area contributed by atoms with E-state index in [9.17, 15) is 0 Å². The summed E-state index contributed by atoms with van der Waals surface area (Å²) < 4.78 is 1.92. The highest BCUT2D eigenvalue weighted by Gasteiger charge is 2.12. The van der Waals surface area contributed by atoms with Crippen molar-refractivity contribution in [3.05, 3.63) is 58.6 Å². The minimum atomic E-state index is 0.739. The summed E-state index contributed by atoms with van der Waals surface area (Å²) in [6, 6.07) is 10.6. The monoisotopic (exact) mass is 283 g/mol. The number of rotatable bonds is 3. The Morgan fingerprint density at radius 2 is 2.10 bits per heavy atom. The lowest BCUT2D eigenvalue weighted by atomic mass is 10.1. The number of anilines is 1. The molecule has 2 heterocycles. The van der Waals surface area contributed by atoms with Crippen LogP contribution in [0.25, 0.3) is 10.6 Å². The first-order valence-electron chi connectivity index (χ1n) is 6.56. The van der Waals surface area contributed by atoms with Gasteiger partial charge in [-0.1, -0.05) is 29.8 Å². The smallest absolute Gasteiger partial charge is 0.125 e. The van der Waals surface area contributed by atoms with Gasteiger partial charge in [-0.2, -0.15) is 5.10 Å². The van der Waals surface area contributed by atoms with Gasteiger partial charge in [0.2, 0.25) is 0 Å². The van der Waals surface area contributed by atoms with E-state index in [1.807, 2.05) is 10.9 Å². The second-order valence-corrected chi connectivity index (χ2v) is 5.97. The quantitative estimate of drug-likeness (QED) is 0.793. The molecule has 0 radical (unpaired) electrons. The zero-order valence-corrected chi connectivity index (χ0v) is 12.4. The van der Waals surface area contributed by atoms with Crippen molar-refractivity contribution in [2.45, 2.75) is 20.4 Å². The van der Waals surface area contributed by atoms with Crippen molar-refractivity contribution in [2.24, 2.45) is 0 Å². The summed E-state index contributed by atoms with van der Waals surface area (Å²) in [5.41, 5.74) is 11.5. The first-order chi connectivity index (χ1) is 9.63. The maximum Gasteiger partial charge on any atom is 0.125 e. The van der Waals surface area contributed by atoms with Gasteiger partial charge >= 0.3 is 0 Å². The predicted molar refractivity (Wildman–Crippen MR) is 85.0 cm³/mol. The van der Waals surface area contributed by atoms with Crippen LogP contribution >= 0.6 is 11.3 Å². The number of aryl methyl sites for hydroxylation is 2.